The topological polar surface area (TPSA) is 156 Å². The number of nitrogens with one attached hydrogen (secondary N) is 1. The van der Waals surface area contributed by atoms with E-state index in [-0.39, 0.29) is 17.1 Å². The average Bonchev–Trinajstić information content (AvgIpc) is 3.33. The number of non-ortho nitro benzene ring substituents is 1. The van der Waals surface area contributed by atoms with Gasteiger partial charge < -0.3 is 9.84 Å². The van der Waals surface area contributed by atoms with E-state index in [1.807, 2.05) is 0 Å². The van der Waals surface area contributed by atoms with Crippen molar-refractivity contribution in [1.29, 1.82) is 0 Å². The number of nitro groups is 1. The van der Waals surface area contributed by atoms with Crippen molar-refractivity contribution in [3.63, 3.8) is 0 Å². The molecule has 5 atom stereocenters. The number of carbonyl (C=O) groups is 4. The van der Waals surface area contributed by atoms with Gasteiger partial charge in [0.15, 0.2) is 0 Å². The van der Waals surface area contributed by atoms with Crippen LogP contribution < -0.4 is 15.0 Å². The highest BCUT2D eigenvalue weighted by Gasteiger charge is 2.70. The second-order valence-corrected chi connectivity index (χ2v) is 9.06. The maximum atomic E-state index is 13.7. The fraction of sp³-hybridized carbons (Fsp3) is 0.360. The summed E-state index contributed by atoms with van der Waals surface area (Å²) in [5.41, 5.74) is -1.50. The number of hydrogen-bond acceptors (Lipinski definition) is 8. The van der Waals surface area contributed by atoms with Crippen LogP contribution in [-0.4, -0.2) is 39.3 Å². The van der Waals surface area contributed by atoms with Gasteiger partial charge in [0, 0.05) is 25.1 Å². The van der Waals surface area contributed by atoms with Gasteiger partial charge in [-0.1, -0.05) is 38.5 Å². The van der Waals surface area contributed by atoms with E-state index < -0.39 is 58.0 Å². The minimum atomic E-state index is -1.75. The number of carboxylic acids is 1. The van der Waals surface area contributed by atoms with Crippen LogP contribution >= 0.6 is 0 Å². The van der Waals surface area contributed by atoms with E-state index >= 15 is 0 Å². The monoisotopic (exact) mass is 495 g/mol. The minimum Gasteiger partial charge on any atom is -0.480 e. The molecule has 0 spiro atoms. The number of aliphatic carboxylic acids is 1. The number of ether oxygens (including phenoxy) is 1. The van der Waals surface area contributed by atoms with Crippen LogP contribution in [0.5, 0.6) is 5.75 Å². The van der Waals surface area contributed by atoms with Crippen molar-refractivity contribution in [3.05, 3.63) is 64.2 Å². The molecule has 0 saturated carbocycles. The van der Waals surface area contributed by atoms with Crippen molar-refractivity contribution in [1.82, 2.24) is 5.32 Å². The zero-order valence-corrected chi connectivity index (χ0v) is 19.8. The highest BCUT2D eigenvalue weighted by atomic mass is 16.6. The van der Waals surface area contributed by atoms with Gasteiger partial charge in [-0.2, -0.15) is 0 Å². The van der Waals surface area contributed by atoms with Gasteiger partial charge in [0.2, 0.25) is 11.8 Å². The standard InChI is InChI=1S/C25H25N3O8/c1-4-13(2)25(24(32)33)20-19(21(26-25)15-8-10-18(11-9-15)36-14(3)29)22(30)27(23(20)31)16-6-5-7-17(12-16)28(34)35/h5-13,19-21,26H,4H2,1-3H3,(H,32,33). The predicted molar refractivity (Wildman–Crippen MR) is 126 cm³/mol. The molecule has 2 heterocycles. The Hall–Kier alpha value is -4.12. The van der Waals surface area contributed by atoms with E-state index in [0.29, 0.717) is 12.0 Å². The molecule has 11 nitrogen and oxygen atoms in total. The maximum Gasteiger partial charge on any atom is 0.325 e. The summed E-state index contributed by atoms with van der Waals surface area (Å²) in [5, 5.41) is 24.8. The molecule has 0 bridgehead atoms. The van der Waals surface area contributed by atoms with Crippen LogP contribution in [-0.2, 0) is 19.2 Å². The smallest absolute Gasteiger partial charge is 0.325 e. The van der Waals surface area contributed by atoms with Gasteiger partial charge in [0.05, 0.1) is 22.4 Å². The van der Waals surface area contributed by atoms with Crippen LogP contribution in [0.4, 0.5) is 11.4 Å². The number of imide groups is 1. The van der Waals surface area contributed by atoms with Crippen molar-refractivity contribution < 1.29 is 33.9 Å². The Balaban J connectivity index is 1.84. The first-order chi connectivity index (χ1) is 17.0. The Morgan fingerprint density at radius 2 is 1.86 bits per heavy atom. The van der Waals surface area contributed by atoms with Crippen LogP contribution in [0.2, 0.25) is 0 Å². The van der Waals surface area contributed by atoms with E-state index in [1.54, 1.807) is 26.0 Å². The number of amides is 2. The molecule has 2 amide bonds. The Morgan fingerprint density at radius 3 is 2.42 bits per heavy atom. The molecule has 5 unspecified atom stereocenters. The number of nitrogens with zero attached hydrogens (tertiary/aromatic N) is 2. The van der Waals surface area contributed by atoms with E-state index in [1.165, 1.54) is 37.3 Å². The minimum absolute atomic E-state index is 0.0148. The number of esters is 1. The molecular formula is C25H25N3O8. The highest BCUT2D eigenvalue weighted by Crippen LogP contribution is 2.53. The van der Waals surface area contributed by atoms with E-state index in [0.717, 1.165) is 11.0 Å². The zero-order chi connectivity index (χ0) is 26.4. The molecule has 2 N–H and O–H groups in total. The van der Waals surface area contributed by atoms with Crippen molar-refractivity contribution in [2.45, 2.75) is 38.8 Å². The summed E-state index contributed by atoms with van der Waals surface area (Å²) in [6.45, 7) is 4.76. The number of hydrogen-bond donors (Lipinski definition) is 2. The van der Waals surface area contributed by atoms with E-state index in [4.69, 9.17) is 4.74 Å². The molecule has 2 aliphatic rings. The third-order valence-electron chi connectivity index (χ3n) is 7.14. The Bertz CT molecular complexity index is 1260. The lowest BCUT2D eigenvalue weighted by Gasteiger charge is -2.36. The van der Waals surface area contributed by atoms with Crippen molar-refractivity contribution in [3.8, 4) is 5.75 Å². The second-order valence-electron chi connectivity index (χ2n) is 9.06. The van der Waals surface area contributed by atoms with Crippen molar-refractivity contribution in [2.24, 2.45) is 17.8 Å². The number of carboxylic acid groups (broad SMARTS) is 1. The number of fused-ring (bicyclic) bond motifs is 1. The molecule has 11 heteroatoms. The fourth-order valence-corrected chi connectivity index (χ4v) is 5.32. The summed E-state index contributed by atoms with van der Waals surface area (Å²) in [5.74, 6) is -5.69. The van der Waals surface area contributed by atoms with Crippen LogP contribution in [0.1, 0.15) is 38.8 Å². The van der Waals surface area contributed by atoms with Gasteiger partial charge in [0.25, 0.3) is 5.69 Å². The summed E-state index contributed by atoms with van der Waals surface area (Å²) < 4.78 is 5.06. The number of anilines is 1. The largest absolute Gasteiger partial charge is 0.480 e. The van der Waals surface area contributed by atoms with Crippen LogP contribution in [0, 0.1) is 27.9 Å². The number of rotatable bonds is 7. The third kappa shape index (κ3) is 3.81. The second kappa shape index (κ2) is 9.15. The predicted octanol–water partition coefficient (Wildman–Crippen LogP) is 2.84. The molecule has 188 valence electrons. The lowest BCUT2D eigenvalue weighted by Crippen LogP contribution is -2.59. The number of benzene rings is 2. The molecule has 0 aliphatic carbocycles. The molecule has 4 rings (SSSR count). The van der Waals surface area contributed by atoms with Crippen molar-refractivity contribution in [2.75, 3.05) is 4.90 Å². The van der Waals surface area contributed by atoms with Gasteiger partial charge >= 0.3 is 11.9 Å². The van der Waals surface area contributed by atoms with Gasteiger partial charge in [0.1, 0.15) is 11.3 Å². The summed E-state index contributed by atoms with van der Waals surface area (Å²) in [4.78, 5) is 63.0. The van der Waals surface area contributed by atoms with Crippen LogP contribution in [0.3, 0.4) is 0 Å². The summed E-state index contributed by atoms with van der Waals surface area (Å²) in [7, 11) is 0. The molecule has 2 aliphatic heterocycles. The average molecular weight is 495 g/mol. The maximum absolute atomic E-state index is 13.7. The molecule has 0 radical (unpaired) electrons. The van der Waals surface area contributed by atoms with E-state index in [9.17, 15) is 34.4 Å². The molecule has 2 saturated heterocycles. The summed E-state index contributed by atoms with van der Waals surface area (Å²) >= 11 is 0. The summed E-state index contributed by atoms with van der Waals surface area (Å²) in [6.07, 6.45) is 0.416. The quantitative estimate of drug-likeness (QED) is 0.194. The highest BCUT2D eigenvalue weighted by molar-refractivity contribution is 6.24. The first kappa shape index (κ1) is 25.0. The van der Waals surface area contributed by atoms with Gasteiger partial charge in [-0.3, -0.25) is 34.6 Å². The first-order valence-electron chi connectivity index (χ1n) is 11.4. The van der Waals surface area contributed by atoms with Gasteiger partial charge in [-0.05, 0) is 29.7 Å². The lowest BCUT2D eigenvalue weighted by molar-refractivity contribution is -0.384. The normalized spacial score (nSPS) is 26.0. The van der Waals surface area contributed by atoms with E-state index in [2.05, 4.69) is 5.32 Å². The molecule has 0 aromatic heterocycles. The molecule has 2 fully saturated rings. The van der Waals surface area contributed by atoms with Gasteiger partial charge in [-0.15, -0.1) is 0 Å². The fourth-order valence-electron chi connectivity index (χ4n) is 5.32. The number of carbonyl (C=O) groups excluding carboxylic acids is 3. The van der Waals surface area contributed by atoms with Gasteiger partial charge in [-0.25, -0.2) is 4.90 Å². The number of nitro benzene ring substituents is 1. The SMILES string of the molecule is CCC(C)C1(C(=O)O)NC(c2ccc(OC(C)=O)cc2)C2C(=O)N(c3cccc([N+](=O)[O-])c3)C(=O)C21. The third-order valence-corrected chi connectivity index (χ3v) is 7.14. The Morgan fingerprint density at radius 1 is 1.19 bits per heavy atom. The molecule has 2 aromatic carbocycles. The Kier molecular flexibility index (Phi) is 6.35. The summed E-state index contributed by atoms with van der Waals surface area (Å²) in [6, 6.07) is 10.6. The molecular weight excluding hydrogens is 470 g/mol. The van der Waals surface area contributed by atoms with Crippen LogP contribution in [0.15, 0.2) is 48.5 Å². The van der Waals surface area contributed by atoms with Crippen molar-refractivity contribution >= 4 is 35.1 Å². The zero-order valence-electron chi connectivity index (χ0n) is 19.8. The Labute approximate surface area is 206 Å². The molecule has 2 aromatic rings. The van der Waals surface area contributed by atoms with Crippen LogP contribution in [0.25, 0.3) is 0 Å². The lowest BCUT2D eigenvalue weighted by atomic mass is 9.72. The molecule has 36 heavy (non-hydrogen) atoms. The first-order valence-corrected chi connectivity index (χ1v) is 11.4.